The molecule has 0 aliphatic carbocycles. The SMILES string of the molecule is Cc1cc(C)nc(-c2cccc(C(=O)O)c2C(N)=O)c1. The Morgan fingerprint density at radius 1 is 1.20 bits per heavy atom. The lowest BCUT2D eigenvalue weighted by molar-refractivity contribution is 0.0692. The van der Waals surface area contributed by atoms with E-state index in [0.717, 1.165) is 11.3 Å². The van der Waals surface area contributed by atoms with Crippen LogP contribution in [0.1, 0.15) is 32.0 Å². The van der Waals surface area contributed by atoms with Crippen molar-refractivity contribution in [2.45, 2.75) is 13.8 Å². The molecule has 0 fully saturated rings. The third kappa shape index (κ3) is 2.51. The van der Waals surface area contributed by atoms with Crippen LogP contribution in [0.25, 0.3) is 11.3 Å². The second kappa shape index (κ2) is 5.13. The first-order chi connectivity index (χ1) is 9.40. The fraction of sp³-hybridized carbons (Fsp3) is 0.133. The van der Waals surface area contributed by atoms with Crippen molar-refractivity contribution in [3.63, 3.8) is 0 Å². The Labute approximate surface area is 116 Å². The summed E-state index contributed by atoms with van der Waals surface area (Å²) in [5, 5.41) is 9.17. The number of carboxylic acids is 1. The molecule has 2 aromatic rings. The van der Waals surface area contributed by atoms with E-state index in [1.807, 2.05) is 19.9 Å². The first-order valence-electron chi connectivity index (χ1n) is 6.02. The zero-order valence-corrected chi connectivity index (χ0v) is 11.2. The van der Waals surface area contributed by atoms with Gasteiger partial charge in [-0.1, -0.05) is 12.1 Å². The number of nitrogens with two attached hydrogens (primary N) is 1. The van der Waals surface area contributed by atoms with Gasteiger partial charge in [0.1, 0.15) is 0 Å². The molecule has 5 nitrogen and oxygen atoms in total. The van der Waals surface area contributed by atoms with Gasteiger partial charge >= 0.3 is 5.97 Å². The van der Waals surface area contributed by atoms with Crippen LogP contribution in [0.3, 0.4) is 0 Å². The molecule has 0 saturated carbocycles. The predicted octanol–water partition coefficient (Wildman–Crippen LogP) is 2.16. The molecule has 0 spiro atoms. The Morgan fingerprint density at radius 3 is 2.45 bits per heavy atom. The highest BCUT2D eigenvalue weighted by molar-refractivity contribution is 6.08. The second-order valence-electron chi connectivity index (χ2n) is 4.57. The van der Waals surface area contributed by atoms with Gasteiger partial charge in [0.2, 0.25) is 5.91 Å². The van der Waals surface area contributed by atoms with Crippen molar-refractivity contribution in [1.82, 2.24) is 4.98 Å². The molecule has 0 aliphatic rings. The third-order valence-electron chi connectivity index (χ3n) is 2.91. The van der Waals surface area contributed by atoms with Crippen molar-refractivity contribution >= 4 is 11.9 Å². The molecule has 0 radical (unpaired) electrons. The van der Waals surface area contributed by atoms with Gasteiger partial charge in [0.15, 0.2) is 0 Å². The summed E-state index contributed by atoms with van der Waals surface area (Å²) < 4.78 is 0. The lowest BCUT2D eigenvalue weighted by Gasteiger charge is -2.10. The zero-order chi connectivity index (χ0) is 14.9. The van der Waals surface area contributed by atoms with E-state index in [2.05, 4.69) is 4.98 Å². The van der Waals surface area contributed by atoms with Gasteiger partial charge < -0.3 is 10.8 Å². The summed E-state index contributed by atoms with van der Waals surface area (Å²) in [6.07, 6.45) is 0. The molecule has 1 aromatic carbocycles. The predicted molar refractivity (Wildman–Crippen MR) is 74.6 cm³/mol. The van der Waals surface area contributed by atoms with Gasteiger partial charge in [-0.15, -0.1) is 0 Å². The normalized spacial score (nSPS) is 10.3. The molecular weight excluding hydrogens is 256 g/mol. The number of pyridine rings is 1. The molecule has 3 N–H and O–H groups in total. The minimum Gasteiger partial charge on any atom is -0.478 e. The highest BCUT2D eigenvalue weighted by Gasteiger charge is 2.20. The fourth-order valence-corrected chi connectivity index (χ4v) is 2.19. The number of primary amides is 1. The topological polar surface area (TPSA) is 93.3 Å². The molecule has 1 heterocycles. The number of carbonyl (C=O) groups excluding carboxylic acids is 1. The van der Waals surface area contributed by atoms with Gasteiger partial charge in [-0.3, -0.25) is 9.78 Å². The number of hydrogen-bond acceptors (Lipinski definition) is 3. The average Bonchev–Trinajstić information content (AvgIpc) is 2.36. The van der Waals surface area contributed by atoms with E-state index in [1.54, 1.807) is 18.2 Å². The Balaban J connectivity index is 2.76. The van der Waals surface area contributed by atoms with Crippen LogP contribution in [-0.2, 0) is 0 Å². The maximum Gasteiger partial charge on any atom is 0.336 e. The van der Waals surface area contributed by atoms with Crippen molar-refractivity contribution < 1.29 is 14.7 Å². The molecule has 102 valence electrons. The molecule has 0 atom stereocenters. The molecule has 0 unspecified atom stereocenters. The monoisotopic (exact) mass is 270 g/mol. The van der Waals surface area contributed by atoms with Crippen LogP contribution in [-0.4, -0.2) is 22.0 Å². The van der Waals surface area contributed by atoms with Gasteiger partial charge in [-0.05, 0) is 37.6 Å². The van der Waals surface area contributed by atoms with Crippen LogP contribution < -0.4 is 5.73 Å². The molecule has 1 aromatic heterocycles. The van der Waals surface area contributed by atoms with E-state index < -0.39 is 11.9 Å². The minimum absolute atomic E-state index is 0.0162. The number of aryl methyl sites for hydroxylation is 2. The highest BCUT2D eigenvalue weighted by atomic mass is 16.4. The summed E-state index contributed by atoms with van der Waals surface area (Å²) >= 11 is 0. The summed E-state index contributed by atoms with van der Waals surface area (Å²) in [7, 11) is 0. The van der Waals surface area contributed by atoms with Crippen LogP contribution in [0, 0.1) is 13.8 Å². The van der Waals surface area contributed by atoms with E-state index in [4.69, 9.17) is 10.8 Å². The largest absolute Gasteiger partial charge is 0.478 e. The number of carboxylic acid groups (broad SMARTS) is 1. The standard InChI is InChI=1S/C15H14N2O3/c1-8-6-9(2)17-12(7-8)10-4-3-5-11(15(19)20)13(10)14(16)18/h3-7H,1-2H3,(H2,16,18)(H,19,20). The summed E-state index contributed by atoms with van der Waals surface area (Å²) in [5.74, 6) is -1.97. The number of aromatic carboxylic acids is 1. The second-order valence-corrected chi connectivity index (χ2v) is 4.57. The first-order valence-corrected chi connectivity index (χ1v) is 6.02. The Kier molecular flexibility index (Phi) is 3.52. The smallest absolute Gasteiger partial charge is 0.336 e. The number of nitrogens with zero attached hydrogens (tertiary/aromatic N) is 1. The molecule has 0 aliphatic heterocycles. The van der Waals surface area contributed by atoms with E-state index in [9.17, 15) is 9.59 Å². The number of carbonyl (C=O) groups is 2. The zero-order valence-electron chi connectivity index (χ0n) is 11.2. The van der Waals surface area contributed by atoms with Gasteiger partial charge in [0, 0.05) is 11.3 Å². The summed E-state index contributed by atoms with van der Waals surface area (Å²) in [6, 6.07) is 8.27. The third-order valence-corrected chi connectivity index (χ3v) is 2.91. The van der Waals surface area contributed by atoms with Crippen molar-refractivity contribution in [3.8, 4) is 11.3 Å². The summed E-state index contributed by atoms with van der Waals surface area (Å²) in [4.78, 5) is 27.2. The van der Waals surface area contributed by atoms with Gasteiger partial charge in [-0.25, -0.2) is 4.79 Å². The molecule has 1 amide bonds. The lowest BCUT2D eigenvalue weighted by Crippen LogP contribution is -2.18. The molecular formula is C15H14N2O3. The molecule has 0 bridgehead atoms. The summed E-state index contributed by atoms with van der Waals surface area (Å²) in [5.41, 5.74) is 7.94. The van der Waals surface area contributed by atoms with Crippen LogP contribution in [0.2, 0.25) is 0 Å². The van der Waals surface area contributed by atoms with Gasteiger partial charge in [0.25, 0.3) is 0 Å². The van der Waals surface area contributed by atoms with E-state index in [-0.39, 0.29) is 11.1 Å². The fourth-order valence-electron chi connectivity index (χ4n) is 2.19. The number of hydrogen-bond donors (Lipinski definition) is 2. The number of aromatic nitrogens is 1. The van der Waals surface area contributed by atoms with Crippen LogP contribution in [0.15, 0.2) is 30.3 Å². The number of benzene rings is 1. The Bertz CT molecular complexity index is 688. The quantitative estimate of drug-likeness (QED) is 0.893. The van der Waals surface area contributed by atoms with E-state index in [1.165, 1.54) is 6.07 Å². The number of amides is 1. The lowest BCUT2D eigenvalue weighted by atomic mass is 9.97. The van der Waals surface area contributed by atoms with Crippen molar-refractivity contribution in [3.05, 3.63) is 52.7 Å². The van der Waals surface area contributed by atoms with Gasteiger partial charge in [-0.2, -0.15) is 0 Å². The summed E-state index contributed by atoms with van der Waals surface area (Å²) in [6.45, 7) is 3.74. The minimum atomic E-state index is -1.19. The van der Waals surface area contributed by atoms with Crippen molar-refractivity contribution in [2.75, 3.05) is 0 Å². The van der Waals surface area contributed by atoms with Crippen LogP contribution >= 0.6 is 0 Å². The van der Waals surface area contributed by atoms with Crippen LogP contribution in [0.5, 0.6) is 0 Å². The maximum atomic E-state index is 11.6. The Hall–Kier alpha value is -2.69. The first kappa shape index (κ1) is 13.7. The molecule has 20 heavy (non-hydrogen) atoms. The highest BCUT2D eigenvalue weighted by Crippen LogP contribution is 2.26. The maximum absolute atomic E-state index is 11.6. The van der Waals surface area contributed by atoms with Crippen molar-refractivity contribution in [2.24, 2.45) is 5.73 Å². The van der Waals surface area contributed by atoms with E-state index >= 15 is 0 Å². The molecule has 2 rings (SSSR count). The van der Waals surface area contributed by atoms with Gasteiger partial charge in [0.05, 0.1) is 16.8 Å². The number of rotatable bonds is 3. The molecule has 5 heteroatoms. The van der Waals surface area contributed by atoms with E-state index in [0.29, 0.717) is 11.3 Å². The Morgan fingerprint density at radius 2 is 1.90 bits per heavy atom. The molecule has 0 saturated heterocycles. The van der Waals surface area contributed by atoms with Crippen molar-refractivity contribution in [1.29, 1.82) is 0 Å². The average molecular weight is 270 g/mol. The van der Waals surface area contributed by atoms with Crippen LogP contribution in [0.4, 0.5) is 0 Å².